The monoisotopic (exact) mass is 296 g/mol. The van der Waals surface area contributed by atoms with Crippen LogP contribution in [0.1, 0.15) is 6.42 Å². The molecule has 0 amide bonds. The van der Waals surface area contributed by atoms with Gasteiger partial charge in [-0.3, -0.25) is 4.99 Å². The van der Waals surface area contributed by atoms with Crippen LogP contribution in [0.15, 0.2) is 29.3 Å². The predicted octanol–water partition coefficient (Wildman–Crippen LogP) is 1.99. The van der Waals surface area contributed by atoms with E-state index in [1.54, 1.807) is 6.07 Å². The maximum Gasteiger partial charge on any atom is 0.191 e. The Hall–Kier alpha value is -1.43. The maximum absolute atomic E-state index is 13.0. The summed E-state index contributed by atoms with van der Waals surface area (Å²) >= 11 is 1.95. The van der Waals surface area contributed by atoms with Gasteiger partial charge in [0.2, 0.25) is 0 Å². The van der Waals surface area contributed by atoms with Crippen LogP contribution < -0.4 is 11.1 Å². The molecular formula is C14H21FN4S. The molecule has 1 heterocycles. The van der Waals surface area contributed by atoms with Crippen molar-refractivity contribution in [3.05, 3.63) is 30.1 Å². The van der Waals surface area contributed by atoms with Crippen LogP contribution in [0.4, 0.5) is 10.1 Å². The molecule has 6 heteroatoms. The molecule has 1 aliphatic rings. The van der Waals surface area contributed by atoms with E-state index in [-0.39, 0.29) is 5.82 Å². The molecule has 0 aromatic heterocycles. The molecule has 1 aromatic rings. The summed E-state index contributed by atoms with van der Waals surface area (Å²) in [5.74, 6) is 2.67. The molecule has 0 unspecified atom stereocenters. The smallest absolute Gasteiger partial charge is 0.191 e. The van der Waals surface area contributed by atoms with Crippen LogP contribution in [-0.2, 0) is 0 Å². The van der Waals surface area contributed by atoms with Gasteiger partial charge in [-0.15, -0.1) is 0 Å². The van der Waals surface area contributed by atoms with Crippen molar-refractivity contribution in [3.8, 4) is 0 Å². The number of hydrogen-bond acceptors (Lipinski definition) is 3. The summed E-state index contributed by atoms with van der Waals surface area (Å²) in [7, 11) is 0. The van der Waals surface area contributed by atoms with Crippen molar-refractivity contribution in [2.24, 2.45) is 10.7 Å². The summed E-state index contributed by atoms with van der Waals surface area (Å²) < 4.78 is 13.0. The van der Waals surface area contributed by atoms with Gasteiger partial charge in [0.1, 0.15) is 5.82 Å². The molecule has 0 atom stereocenters. The third-order valence-corrected chi connectivity index (χ3v) is 4.04. The molecule has 1 fully saturated rings. The van der Waals surface area contributed by atoms with Crippen LogP contribution in [0.5, 0.6) is 0 Å². The second-order valence-electron chi connectivity index (χ2n) is 4.63. The maximum atomic E-state index is 13.0. The van der Waals surface area contributed by atoms with Crippen molar-refractivity contribution in [2.75, 3.05) is 43.0 Å². The quantitative estimate of drug-likeness (QED) is 0.496. The minimum atomic E-state index is -0.222. The van der Waals surface area contributed by atoms with E-state index in [4.69, 9.17) is 5.73 Å². The largest absolute Gasteiger partial charge is 0.385 e. The van der Waals surface area contributed by atoms with Gasteiger partial charge in [-0.1, -0.05) is 6.07 Å². The van der Waals surface area contributed by atoms with Crippen LogP contribution >= 0.6 is 11.8 Å². The first-order chi connectivity index (χ1) is 9.75. The van der Waals surface area contributed by atoms with E-state index >= 15 is 0 Å². The molecule has 0 aliphatic carbocycles. The molecule has 1 aliphatic heterocycles. The van der Waals surface area contributed by atoms with E-state index in [1.807, 2.05) is 17.8 Å². The Kier molecular flexibility index (Phi) is 5.98. The highest BCUT2D eigenvalue weighted by Crippen LogP contribution is 2.09. The van der Waals surface area contributed by atoms with Crippen LogP contribution in [0.25, 0.3) is 0 Å². The molecule has 1 saturated heterocycles. The van der Waals surface area contributed by atoms with Gasteiger partial charge in [-0.25, -0.2) is 4.39 Å². The van der Waals surface area contributed by atoms with Crippen LogP contribution in [0, 0.1) is 5.82 Å². The Labute approximate surface area is 123 Å². The fraction of sp³-hybridized carbons (Fsp3) is 0.500. The van der Waals surface area contributed by atoms with E-state index in [0.717, 1.165) is 43.2 Å². The first-order valence-electron chi connectivity index (χ1n) is 6.88. The normalized spacial score (nSPS) is 16.2. The fourth-order valence-electron chi connectivity index (χ4n) is 2.00. The summed E-state index contributed by atoms with van der Waals surface area (Å²) in [5, 5.41) is 3.17. The van der Waals surface area contributed by atoms with Crippen LogP contribution in [0.2, 0.25) is 0 Å². The van der Waals surface area contributed by atoms with Gasteiger partial charge in [0.25, 0.3) is 0 Å². The van der Waals surface area contributed by atoms with Crippen molar-refractivity contribution in [2.45, 2.75) is 6.42 Å². The number of guanidine groups is 1. The lowest BCUT2D eigenvalue weighted by molar-refractivity contribution is 0.455. The minimum absolute atomic E-state index is 0.222. The number of hydrogen-bond donors (Lipinski definition) is 2. The van der Waals surface area contributed by atoms with Gasteiger partial charge >= 0.3 is 0 Å². The zero-order chi connectivity index (χ0) is 14.2. The molecule has 1 aromatic carbocycles. The van der Waals surface area contributed by atoms with Crippen molar-refractivity contribution >= 4 is 23.4 Å². The Morgan fingerprint density at radius 1 is 1.40 bits per heavy atom. The summed E-state index contributed by atoms with van der Waals surface area (Å²) in [6.07, 6.45) is 0.875. The lowest BCUT2D eigenvalue weighted by Gasteiger charge is -2.27. The van der Waals surface area contributed by atoms with E-state index in [9.17, 15) is 4.39 Å². The molecule has 0 spiro atoms. The van der Waals surface area contributed by atoms with Gasteiger partial charge in [0, 0.05) is 43.4 Å². The SMILES string of the molecule is NC(=NCCCNc1cccc(F)c1)N1CCSCC1. The summed E-state index contributed by atoms with van der Waals surface area (Å²) in [6, 6.07) is 6.48. The molecule has 4 nitrogen and oxygen atoms in total. The average molecular weight is 296 g/mol. The average Bonchev–Trinajstić information content (AvgIpc) is 2.48. The number of nitrogens with one attached hydrogen (secondary N) is 1. The molecular weight excluding hydrogens is 275 g/mol. The first-order valence-corrected chi connectivity index (χ1v) is 8.03. The van der Waals surface area contributed by atoms with Gasteiger partial charge in [-0.05, 0) is 24.6 Å². The number of halogens is 1. The number of nitrogens with two attached hydrogens (primary N) is 1. The third-order valence-electron chi connectivity index (χ3n) is 3.10. The highest BCUT2D eigenvalue weighted by atomic mass is 32.2. The van der Waals surface area contributed by atoms with Crippen molar-refractivity contribution < 1.29 is 4.39 Å². The number of aliphatic imine (C=N–C) groups is 1. The number of rotatable bonds is 5. The third kappa shape index (κ3) is 4.92. The summed E-state index contributed by atoms with van der Waals surface area (Å²) in [6.45, 7) is 3.43. The lowest BCUT2D eigenvalue weighted by atomic mass is 10.3. The van der Waals surface area contributed by atoms with Gasteiger partial charge in [0.15, 0.2) is 5.96 Å². The minimum Gasteiger partial charge on any atom is -0.385 e. The standard InChI is InChI=1S/C14H21FN4S/c15-12-3-1-4-13(11-12)17-5-2-6-18-14(16)19-7-9-20-10-8-19/h1,3-4,11,17H,2,5-10H2,(H2,16,18). The topological polar surface area (TPSA) is 53.6 Å². The highest BCUT2D eigenvalue weighted by Gasteiger charge is 2.11. The molecule has 2 rings (SSSR count). The lowest BCUT2D eigenvalue weighted by Crippen LogP contribution is -2.42. The molecule has 110 valence electrons. The zero-order valence-electron chi connectivity index (χ0n) is 11.5. The van der Waals surface area contributed by atoms with Gasteiger partial charge in [-0.2, -0.15) is 11.8 Å². The van der Waals surface area contributed by atoms with Crippen LogP contribution in [-0.4, -0.2) is 48.5 Å². The van der Waals surface area contributed by atoms with Gasteiger partial charge < -0.3 is 16.0 Å². The Morgan fingerprint density at radius 2 is 2.20 bits per heavy atom. The second kappa shape index (κ2) is 7.99. The Balaban J connectivity index is 1.65. The van der Waals surface area contributed by atoms with Crippen molar-refractivity contribution in [3.63, 3.8) is 0 Å². The molecule has 0 bridgehead atoms. The molecule has 20 heavy (non-hydrogen) atoms. The molecule has 0 radical (unpaired) electrons. The summed E-state index contributed by atoms with van der Waals surface area (Å²) in [4.78, 5) is 6.53. The Morgan fingerprint density at radius 3 is 2.95 bits per heavy atom. The molecule has 3 N–H and O–H groups in total. The number of anilines is 1. The van der Waals surface area contributed by atoms with Crippen molar-refractivity contribution in [1.29, 1.82) is 0 Å². The number of thioether (sulfide) groups is 1. The second-order valence-corrected chi connectivity index (χ2v) is 5.85. The van der Waals surface area contributed by atoms with Crippen LogP contribution in [0.3, 0.4) is 0 Å². The molecule has 0 saturated carbocycles. The van der Waals surface area contributed by atoms with E-state index in [1.165, 1.54) is 12.1 Å². The van der Waals surface area contributed by atoms with E-state index < -0.39 is 0 Å². The van der Waals surface area contributed by atoms with E-state index in [0.29, 0.717) is 12.5 Å². The fourth-order valence-corrected chi connectivity index (χ4v) is 2.90. The van der Waals surface area contributed by atoms with Gasteiger partial charge in [0.05, 0.1) is 0 Å². The Bertz CT molecular complexity index is 447. The highest BCUT2D eigenvalue weighted by molar-refractivity contribution is 7.99. The summed E-state index contributed by atoms with van der Waals surface area (Å²) in [5.41, 5.74) is 6.76. The van der Waals surface area contributed by atoms with Crippen molar-refractivity contribution in [1.82, 2.24) is 4.90 Å². The zero-order valence-corrected chi connectivity index (χ0v) is 12.3. The number of benzene rings is 1. The van der Waals surface area contributed by atoms with E-state index in [2.05, 4.69) is 15.2 Å². The predicted molar refractivity (Wildman–Crippen MR) is 84.9 cm³/mol. The number of nitrogens with zero attached hydrogens (tertiary/aromatic N) is 2. The first kappa shape index (κ1) is 15.0.